The molecule has 130 valence electrons. The van der Waals surface area contributed by atoms with E-state index in [0.717, 1.165) is 0 Å². The summed E-state index contributed by atoms with van der Waals surface area (Å²) in [7, 11) is 0. The largest absolute Gasteiger partial charge is 0.379 e. The van der Waals surface area contributed by atoms with Gasteiger partial charge in [0.05, 0.1) is 59.5 Å². The lowest BCUT2D eigenvalue weighted by atomic mass is 10.4. The van der Waals surface area contributed by atoms with Gasteiger partial charge in [0.1, 0.15) is 6.61 Å². The molecule has 9 nitrogen and oxygen atoms in total. The fraction of sp³-hybridized carbons (Fsp3) is 0.846. The fourth-order valence-electron chi connectivity index (χ4n) is 1.23. The summed E-state index contributed by atoms with van der Waals surface area (Å²) < 4.78 is 25.8. The zero-order valence-corrected chi connectivity index (χ0v) is 12.8. The van der Waals surface area contributed by atoms with E-state index in [2.05, 4.69) is 0 Å². The smallest absolute Gasteiger partial charge is 0.243 e. The molecular weight excluding hydrogens is 296 g/mol. The first-order valence-electron chi connectivity index (χ1n) is 7.08. The van der Waals surface area contributed by atoms with Crippen LogP contribution in [0, 0.1) is 0 Å². The van der Waals surface area contributed by atoms with E-state index < -0.39 is 5.91 Å². The van der Waals surface area contributed by atoms with E-state index in [0.29, 0.717) is 59.5 Å². The van der Waals surface area contributed by atoms with E-state index in [1.807, 2.05) is 0 Å². The van der Waals surface area contributed by atoms with Crippen LogP contribution in [0.5, 0.6) is 0 Å². The van der Waals surface area contributed by atoms with Gasteiger partial charge in [-0.05, 0) is 0 Å². The maximum Gasteiger partial charge on any atom is 0.243 e. The molecule has 0 atom stereocenters. The summed E-state index contributed by atoms with van der Waals surface area (Å²) in [5, 5.41) is 0. The molecule has 0 saturated heterocycles. The first kappa shape index (κ1) is 20.7. The van der Waals surface area contributed by atoms with Crippen molar-refractivity contribution in [3.63, 3.8) is 0 Å². The average Bonchev–Trinajstić information content (AvgIpc) is 2.46. The summed E-state index contributed by atoms with van der Waals surface area (Å²) in [6.07, 6.45) is 0.219. The highest BCUT2D eigenvalue weighted by Crippen LogP contribution is 1.85. The maximum atomic E-state index is 10.4. The Labute approximate surface area is 130 Å². The molecule has 0 spiro atoms. The molecule has 0 aromatic heterocycles. The third kappa shape index (κ3) is 18.7. The quantitative estimate of drug-likeness (QED) is 0.309. The molecule has 0 unspecified atom stereocenters. The Morgan fingerprint density at radius 1 is 0.545 bits per heavy atom. The molecule has 2 amide bonds. The molecule has 9 heteroatoms. The van der Waals surface area contributed by atoms with Crippen molar-refractivity contribution in [3.8, 4) is 0 Å². The van der Waals surface area contributed by atoms with Crippen LogP contribution in [0.4, 0.5) is 0 Å². The van der Waals surface area contributed by atoms with Crippen LogP contribution in [0.3, 0.4) is 0 Å². The van der Waals surface area contributed by atoms with Gasteiger partial charge >= 0.3 is 0 Å². The molecule has 0 fully saturated rings. The molecule has 0 bridgehead atoms. The highest BCUT2D eigenvalue weighted by Gasteiger charge is 1.96. The molecule has 0 aliphatic carbocycles. The van der Waals surface area contributed by atoms with E-state index in [4.69, 9.17) is 35.2 Å². The van der Waals surface area contributed by atoms with Gasteiger partial charge < -0.3 is 35.2 Å². The Balaban J connectivity index is 2.99. The summed E-state index contributed by atoms with van der Waals surface area (Å²) in [6, 6.07) is 0. The summed E-state index contributed by atoms with van der Waals surface area (Å²) in [5.74, 6) is -0.877. The van der Waals surface area contributed by atoms with E-state index in [1.54, 1.807) is 0 Å². The van der Waals surface area contributed by atoms with Gasteiger partial charge in [0.25, 0.3) is 0 Å². The lowest BCUT2D eigenvalue weighted by Crippen LogP contribution is -2.20. The highest BCUT2D eigenvalue weighted by atomic mass is 16.6. The number of carbonyl (C=O) groups excluding carboxylic acids is 2. The summed E-state index contributed by atoms with van der Waals surface area (Å²) in [4.78, 5) is 20.8. The second-order valence-corrected chi connectivity index (χ2v) is 4.18. The fourth-order valence-corrected chi connectivity index (χ4v) is 1.23. The maximum absolute atomic E-state index is 10.4. The average molecular weight is 322 g/mol. The summed E-state index contributed by atoms with van der Waals surface area (Å²) in [5.41, 5.74) is 9.85. The van der Waals surface area contributed by atoms with E-state index >= 15 is 0 Å². The van der Waals surface area contributed by atoms with Crippen LogP contribution in [0.25, 0.3) is 0 Å². The predicted molar refractivity (Wildman–Crippen MR) is 77.1 cm³/mol. The van der Waals surface area contributed by atoms with Gasteiger partial charge in [-0.15, -0.1) is 0 Å². The zero-order chi connectivity index (χ0) is 16.5. The van der Waals surface area contributed by atoms with Gasteiger partial charge in [-0.3, -0.25) is 9.59 Å². The van der Waals surface area contributed by atoms with Crippen LogP contribution >= 0.6 is 0 Å². The van der Waals surface area contributed by atoms with Gasteiger partial charge in [-0.2, -0.15) is 0 Å². The van der Waals surface area contributed by atoms with Gasteiger partial charge in [-0.1, -0.05) is 0 Å². The van der Waals surface area contributed by atoms with Gasteiger partial charge in [-0.25, -0.2) is 0 Å². The molecule has 4 N–H and O–H groups in total. The number of rotatable bonds is 17. The predicted octanol–water partition coefficient (Wildman–Crippen LogP) is -1.57. The molecule has 0 aromatic carbocycles. The molecule has 0 aliphatic heterocycles. The van der Waals surface area contributed by atoms with Crippen LogP contribution in [0.1, 0.15) is 6.42 Å². The van der Waals surface area contributed by atoms with Crippen molar-refractivity contribution in [2.24, 2.45) is 11.5 Å². The lowest BCUT2D eigenvalue weighted by molar-refractivity contribution is -0.123. The van der Waals surface area contributed by atoms with Crippen LogP contribution in [0.15, 0.2) is 0 Å². The monoisotopic (exact) mass is 322 g/mol. The van der Waals surface area contributed by atoms with Gasteiger partial charge in [0, 0.05) is 6.42 Å². The molecule has 0 aromatic rings. The van der Waals surface area contributed by atoms with E-state index in [1.165, 1.54) is 0 Å². The first-order valence-corrected chi connectivity index (χ1v) is 7.08. The van der Waals surface area contributed by atoms with Crippen LogP contribution in [-0.2, 0) is 33.3 Å². The van der Waals surface area contributed by atoms with E-state index in [-0.39, 0.29) is 18.9 Å². The standard InChI is InChI=1S/C13H26N2O7/c14-12(16)1-2-18-3-4-19-5-6-20-7-8-21-9-10-22-11-13(15)17/h1-11H2,(H2,14,16)(H2,15,17). The first-order chi connectivity index (χ1) is 10.6. The number of nitrogens with two attached hydrogens (primary N) is 2. The van der Waals surface area contributed by atoms with Crippen LogP contribution < -0.4 is 11.5 Å². The van der Waals surface area contributed by atoms with Crippen molar-refractivity contribution < 1.29 is 33.3 Å². The lowest BCUT2D eigenvalue weighted by Gasteiger charge is -2.07. The minimum Gasteiger partial charge on any atom is -0.379 e. The third-order valence-corrected chi connectivity index (χ3v) is 2.23. The molecule has 0 radical (unpaired) electrons. The van der Waals surface area contributed by atoms with Gasteiger partial charge in [0.2, 0.25) is 11.8 Å². The summed E-state index contributed by atoms with van der Waals surface area (Å²) >= 11 is 0. The number of carbonyl (C=O) groups is 2. The Bertz CT molecular complexity index is 262. The Kier molecular flexibility index (Phi) is 15.2. The summed E-state index contributed by atoms with van der Waals surface area (Å²) in [6.45, 7) is 3.60. The number of amides is 2. The number of hydrogen-bond acceptors (Lipinski definition) is 7. The Morgan fingerprint density at radius 2 is 0.909 bits per heavy atom. The van der Waals surface area contributed by atoms with Crippen molar-refractivity contribution in [1.82, 2.24) is 0 Å². The molecule has 22 heavy (non-hydrogen) atoms. The minimum absolute atomic E-state index is 0.0938. The second kappa shape index (κ2) is 16.1. The molecule has 0 heterocycles. The minimum atomic E-state index is -0.499. The normalized spacial score (nSPS) is 10.7. The third-order valence-electron chi connectivity index (χ3n) is 2.23. The van der Waals surface area contributed by atoms with E-state index in [9.17, 15) is 9.59 Å². The van der Waals surface area contributed by atoms with Gasteiger partial charge in [0.15, 0.2) is 0 Å². The van der Waals surface area contributed by atoms with Crippen molar-refractivity contribution in [2.75, 3.05) is 66.1 Å². The number of hydrogen-bond donors (Lipinski definition) is 2. The SMILES string of the molecule is NC(=O)CCOCCOCCOCCOCCOCC(N)=O. The molecular formula is C13H26N2O7. The van der Waals surface area contributed by atoms with Crippen LogP contribution in [0.2, 0.25) is 0 Å². The molecule has 0 saturated carbocycles. The van der Waals surface area contributed by atoms with Crippen molar-refractivity contribution in [2.45, 2.75) is 6.42 Å². The number of primary amides is 2. The number of ether oxygens (including phenoxy) is 5. The second-order valence-electron chi connectivity index (χ2n) is 4.18. The topological polar surface area (TPSA) is 132 Å². The molecule has 0 rings (SSSR count). The molecule has 0 aliphatic rings. The van der Waals surface area contributed by atoms with Crippen molar-refractivity contribution in [3.05, 3.63) is 0 Å². The van der Waals surface area contributed by atoms with Crippen molar-refractivity contribution in [1.29, 1.82) is 0 Å². The van der Waals surface area contributed by atoms with Crippen LogP contribution in [-0.4, -0.2) is 77.9 Å². The Hall–Kier alpha value is -1.26. The zero-order valence-electron chi connectivity index (χ0n) is 12.8. The van der Waals surface area contributed by atoms with Crippen molar-refractivity contribution >= 4 is 11.8 Å². The Morgan fingerprint density at radius 3 is 1.27 bits per heavy atom. The highest BCUT2D eigenvalue weighted by molar-refractivity contribution is 5.75.